The molecule has 1 aliphatic carbocycles. The molecule has 0 unspecified atom stereocenters. The number of hydrogen-bond acceptors (Lipinski definition) is 6. The molecule has 1 aromatic rings. The summed E-state index contributed by atoms with van der Waals surface area (Å²) in [6.45, 7) is 1.82. The van der Waals surface area contributed by atoms with E-state index >= 15 is 0 Å². The van der Waals surface area contributed by atoms with Crippen molar-refractivity contribution < 1.29 is 13.2 Å². The normalized spacial score (nSPS) is 27.0. The van der Waals surface area contributed by atoms with Gasteiger partial charge in [0.1, 0.15) is 0 Å². The second-order valence-corrected chi connectivity index (χ2v) is 8.73. The minimum Gasteiger partial charge on any atom is -0.379 e. The maximum Gasteiger partial charge on any atom is 0.279 e. The van der Waals surface area contributed by atoms with Gasteiger partial charge < -0.3 is 4.74 Å². The summed E-state index contributed by atoms with van der Waals surface area (Å²) >= 11 is 1.69. The molecule has 0 atom stereocenters. The lowest BCUT2D eigenvalue weighted by Crippen LogP contribution is -2.50. The van der Waals surface area contributed by atoms with Crippen molar-refractivity contribution in [3.8, 4) is 0 Å². The van der Waals surface area contributed by atoms with Crippen LogP contribution in [0.15, 0.2) is 23.6 Å². The van der Waals surface area contributed by atoms with Gasteiger partial charge in [-0.15, -0.1) is 0 Å². The molecule has 0 radical (unpaired) electrons. The van der Waals surface area contributed by atoms with E-state index in [1.165, 1.54) is 4.31 Å². The number of rotatable bonds is 5. The molecule has 3 rings (SSSR count). The van der Waals surface area contributed by atoms with E-state index in [2.05, 4.69) is 14.7 Å². The number of aromatic nitrogens is 2. The van der Waals surface area contributed by atoms with Gasteiger partial charge >= 0.3 is 0 Å². The molecule has 1 aliphatic heterocycles. The zero-order valence-electron chi connectivity index (χ0n) is 12.9. The molecule has 9 heteroatoms. The van der Waals surface area contributed by atoms with E-state index in [9.17, 15) is 8.42 Å². The zero-order valence-corrected chi connectivity index (χ0v) is 14.6. The Hall–Kier alpha value is -0.740. The fourth-order valence-electron chi connectivity index (χ4n) is 2.87. The average Bonchev–Trinajstić information content (AvgIpc) is 2.58. The van der Waals surface area contributed by atoms with Crippen molar-refractivity contribution >= 4 is 22.0 Å². The number of thioether (sulfide) groups is 1. The summed E-state index contributed by atoms with van der Waals surface area (Å²) in [7, 11) is -3.39. The number of ether oxygens (including phenoxy) is 1. The number of hydrogen-bond donors (Lipinski definition) is 1. The van der Waals surface area contributed by atoms with Gasteiger partial charge in [0.2, 0.25) is 0 Å². The van der Waals surface area contributed by atoms with Gasteiger partial charge in [0.05, 0.1) is 13.2 Å². The largest absolute Gasteiger partial charge is 0.379 e. The van der Waals surface area contributed by atoms with Gasteiger partial charge in [0.25, 0.3) is 10.2 Å². The topological polar surface area (TPSA) is 84.4 Å². The van der Waals surface area contributed by atoms with Crippen LogP contribution >= 0.6 is 11.8 Å². The molecule has 1 aromatic heterocycles. The molecular formula is C14H22N4O3S2. The van der Waals surface area contributed by atoms with E-state index in [0.29, 0.717) is 31.6 Å². The zero-order chi connectivity index (χ0) is 16.1. The van der Waals surface area contributed by atoms with E-state index in [0.717, 1.165) is 30.8 Å². The molecule has 1 N–H and O–H groups in total. The molecule has 128 valence electrons. The van der Waals surface area contributed by atoms with Crippen LogP contribution in [-0.4, -0.2) is 60.3 Å². The minimum absolute atomic E-state index is 0.0244. The van der Waals surface area contributed by atoms with Crippen LogP contribution in [0.2, 0.25) is 0 Å². The monoisotopic (exact) mass is 358 g/mol. The molecule has 1 saturated heterocycles. The number of nitrogens with one attached hydrogen (secondary N) is 1. The highest BCUT2D eigenvalue weighted by Gasteiger charge is 2.30. The first-order valence-electron chi connectivity index (χ1n) is 7.92. The summed E-state index contributed by atoms with van der Waals surface area (Å²) in [5.41, 5.74) is 0. The predicted octanol–water partition coefficient (Wildman–Crippen LogP) is 1.05. The van der Waals surface area contributed by atoms with Crippen molar-refractivity contribution in [2.45, 2.75) is 42.1 Å². The van der Waals surface area contributed by atoms with Gasteiger partial charge in [-0.2, -0.15) is 17.4 Å². The summed E-state index contributed by atoms with van der Waals surface area (Å²) in [5.74, 6) is 0. The highest BCUT2D eigenvalue weighted by molar-refractivity contribution is 7.99. The van der Waals surface area contributed by atoms with E-state index in [4.69, 9.17) is 4.74 Å². The lowest BCUT2D eigenvalue weighted by Gasteiger charge is -2.31. The smallest absolute Gasteiger partial charge is 0.279 e. The van der Waals surface area contributed by atoms with E-state index in [1.54, 1.807) is 30.2 Å². The molecule has 1 saturated carbocycles. The standard InChI is InChI=1S/C14H22N4O3S2/c19-23(20,18-8-10-21-11-9-18)17-12-2-4-13(5-3-12)22-14-15-6-1-7-16-14/h1,6-7,12-13,17H,2-5,8-11H2. The maximum atomic E-state index is 12.4. The Morgan fingerprint density at radius 2 is 1.78 bits per heavy atom. The summed E-state index contributed by atoms with van der Waals surface area (Å²) < 4.78 is 34.3. The Morgan fingerprint density at radius 1 is 1.13 bits per heavy atom. The van der Waals surface area contributed by atoms with Crippen molar-refractivity contribution in [3.05, 3.63) is 18.5 Å². The molecule has 0 spiro atoms. The van der Waals surface area contributed by atoms with Crippen LogP contribution in [-0.2, 0) is 14.9 Å². The summed E-state index contributed by atoms with van der Waals surface area (Å²) in [5, 5.41) is 1.26. The van der Waals surface area contributed by atoms with Gasteiger partial charge in [0.15, 0.2) is 5.16 Å². The van der Waals surface area contributed by atoms with Crippen molar-refractivity contribution in [1.82, 2.24) is 19.0 Å². The van der Waals surface area contributed by atoms with Crippen LogP contribution < -0.4 is 4.72 Å². The van der Waals surface area contributed by atoms with Crippen molar-refractivity contribution in [2.75, 3.05) is 26.3 Å². The van der Waals surface area contributed by atoms with Gasteiger partial charge in [-0.3, -0.25) is 0 Å². The Bertz CT molecular complexity index is 585. The van der Waals surface area contributed by atoms with Crippen LogP contribution in [0.25, 0.3) is 0 Å². The molecule has 23 heavy (non-hydrogen) atoms. The third kappa shape index (κ3) is 4.87. The van der Waals surface area contributed by atoms with Gasteiger partial charge in [-0.1, -0.05) is 11.8 Å². The van der Waals surface area contributed by atoms with Crippen LogP contribution in [0, 0.1) is 0 Å². The van der Waals surface area contributed by atoms with E-state index in [1.807, 2.05) is 0 Å². The first-order valence-corrected chi connectivity index (χ1v) is 10.2. The summed E-state index contributed by atoms with van der Waals surface area (Å²) in [4.78, 5) is 8.47. The van der Waals surface area contributed by atoms with Crippen molar-refractivity contribution in [2.24, 2.45) is 0 Å². The average molecular weight is 358 g/mol. The van der Waals surface area contributed by atoms with Crippen LogP contribution in [0.3, 0.4) is 0 Å². The summed E-state index contributed by atoms with van der Waals surface area (Å²) in [6, 6.07) is 1.83. The van der Waals surface area contributed by atoms with Gasteiger partial charge in [-0.05, 0) is 31.7 Å². The molecule has 0 bridgehead atoms. The minimum atomic E-state index is -3.39. The Balaban J connectivity index is 1.47. The van der Waals surface area contributed by atoms with E-state index < -0.39 is 10.2 Å². The quantitative estimate of drug-likeness (QED) is 0.792. The van der Waals surface area contributed by atoms with Gasteiger partial charge in [-0.25, -0.2) is 9.97 Å². The number of nitrogens with zero attached hydrogens (tertiary/aromatic N) is 3. The fourth-order valence-corrected chi connectivity index (χ4v) is 5.35. The molecule has 2 heterocycles. The predicted molar refractivity (Wildman–Crippen MR) is 88.4 cm³/mol. The first kappa shape index (κ1) is 17.1. The Labute approximate surface area is 141 Å². The van der Waals surface area contributed by atoms with Gasteiger partial charge in [0, 0.05) is 36.8 Å². The fraction of sp³-hybridized carbons (Fsp3) is 0.714. The second-order valence-electron chi connectivity index (χ2n) is 5.76. The lowest BCUT2D eigenvalue weighted by molar-refractivity contribution is 0.0722. The van der Waals surface area contributed by atoms with Crippen molar-refractivity contribution in [3.63, 3.8) is 0 Å². The molecule has 0 aromatic carbocycles. The Morgan fingerprint density at radius 3 is 2.43 bits per heavy atom. The molecule has 7 nitrogen and oxygen atoms in total. The first-order chi connectivity index (χ1) is 11.1. The highest BCUT2D eigenvalue weighted by atomic mass is 32.2. The third-order valence-corrected chi connectivity index (χ3v) is 7.02. The second kappa shape index (κ2) is 7.89. The van der Waals surface area contributed by atoms with Crippen molar-refractivity contribution in [1.29, 1.82) is 0 Å². The van der Waals surface area contributed by atoms with E-state index in [-0.39, 0.29) is 6.04 Å². The molecule has 2 fully saturated rings. The molecular weight excluding hydrogens is 336 g/mol. The van der Waals surface area contributed by atoms with Crippen LogP contribution in [0.1, 0.15) is 25.7 Å². The van der Waals surface area contributed by atoms with Crippen LogP contribution in [0.5, 0.6) is 0 Å². The summed E-state index contributed by atoms with van der Waals surface area (Å²) in [6.07, 6.45) is 7.15. The lowest BCUT2D eigenvalue weighted by atomic mass is 9.96. The highest BCUT2D eigenvalue weighted by Crippen LogP contribution is 2.32. The molecule has 2 aliphatic rings. The number of morpholine rings is 1. The van der Waals surface area contributed by atoms with Crippen LogP contribution in [0.4, 0.5) is 0 Å². The third-order valence-electron chi connectivity index (χ3n) is 4.11. The molecule has 0 amide bonds. The SMILES string of the molecule is O=S(=O)(NC1CCC(Sc2ncccn2)CC1)N1CCOCC1. The Kier molecular flexibility index (Phi) is 5.86. The maximum absolute atomic E-state index is 12.4.